The second-order valence-electron chi connectivity index (χ2n) is 4.62. The van der Waals surface area contributed by atoms with Gasteiger partial charge in [0.15, 0.2) is 0 Å². The van der Waals surface area contributed by atoms with Gasteiger partial charge in [0, 0.05) is 12.3 Å². The molecule has 0 aliphatic rings. The van der Waals surface area contributed by atoms with Crippen molar-refractivity contribution in [1.82, 2.24) is 0 Å². The van der Waals surface area contributed by atoms with Crippen LogP contribution in [-0.2, 0) is 12.7 Å². The molecule has 0 fully saturated rings. The zero-order chi connectivity index (χ0) is 12.1. The van der Waals surface area contributed by atoms with Crippen LogP contribution in [0.15, 0.2) is 48.5 Å². The molecule has 2 aromatic carbocycles. The van der Waals surface area contributed by atoms with Gasteiger partial charge in [-0.15, -0.1) is 0 Å². The minimum atomic E-state index is -0.0930. The first-order valence-electron chi connectivity index (χ1n) is 6.46. The molecular weight excluding hydrogens is 226 g/mol. The largest absolute Gasteiger partial charge is 0.214 e. The SMILES string of the molecule is CCc1cc(Cl)ccc1[BH2-]Cc1ccccc1. The van der Waals surface area contributed by atoms with Gasteiger partial charge in [-0.1, -0.05) is 66.0 Å². The van der Waals surface area contributed by atoms with Crippen LogP contribution in [0.1, 0.15) is 18.1 Å². The third-order valence-electron chi connectivity index (χ3n) is 3.50. The summed E-state index contributed by atoms with van der Waals surface area (Å²) < 4.78 is 0. The van der Waals surface area contributed by atoms with Gasteiger partial charge in [0.2, 0.25) is 0 Å². The highest BCUT2D eigenvalue weighted by molar-refractivity contribution is 6.53. The summed E-state index contributed by atoms with van der Waals surface area (Å²) in [7, 11) is -0.0930. The number of rotatable bonds is 4. The second-order valence-corrected chi connectivity index (χ2v) is 5.05. The van der Waals surface area contributed by atoms with E-state index in [0.29, 0.717) is 0 Å². The molecule has 0 aromatic heterocycles. The molecule has 0 aliphatic carbocycles. The van der Waals surface area contributed by atoms with E-state index in [1.165, 1.54) is 17.4 Å². The third kappa shape index (κ3) is 3.37. The molecule has 0 atom stereocenters. The summed E-state index contributed by atoms with van der Waals surface area (Å²) >= 11 is 6.03. The molecule has 0 saturated carbocycles. The van der Waals surface area contributed by atoms with Gasteiger partial charge in [-0.25, -0.2) is 5.46 Å². The minimum absolute atomic E-state index is 0.0930. The summed E-state index contributed by atoms with van der Waals surface area (Å²) in [4.78, 5) is 0. The Balaban J connectivity index is 2.09. The fourth-order valence-corrected chi connectivity index (χ4v) is 2.67. The minimum Gasteiger partial charge on any atom is -0.214 e. The molecule has 88 valence electrons. The Morgan fingerprint density at radius 3 is 2.53 bits per heavy atom. The molecule has 0 bridgehead atoms. The lowest BCUT2D eigenvalue weighted by atomic mass is 9.63. The first-order chi connectivity index (χ1) is 8.29. The first kappa shape index (κ1) is 12.3. The summed E-state index contributed by atoms with van der Waals surface area (Å²) in [5.41, 5.74) is 4.42. The lowest BCUT2D eigenvalue weighted by Crippen LogP contribution is -2.21. The Morgan fingerprint density at radius 2 is 1.82 bits per heavy atom. The van der Waals surface area contributed by atoms with Gasteiger partial charge in [-0.3, -0.25) is 0 Å². The van der Waals surface area contributed by atoms with Gasteiger partial charge in [-0.05, 0) is 18.6 Å². The normalized spacial score (nSPS) is 10.5. The zero-order valence-corrected chi connectivity index (χ0v) is 11.2. The predicted octanol–water partition coefficient (Wildman–Crippen LogP) is 2.90. The Morgan fingerprint density at radius 1 is 1.06 bits per heavy atom. The first-order valence-corrected chi connectivity index (χ1v) is 6.84. The smallest absolute Gasteiger partial charge is 0.0406 e. The molecule has 0 radical (unpaired) electrons. The Hall–Kier alpha value is -1.21. The second kappa shape index (κ2) is 5.93. The lowest BCUT2D eigenvalue weighted by molar-refractivity contribution is 1.15. The van der Waals surface area contributed by atoms with Crippen molar-refractivity contribution < 1.29 is 0 Å². The summed E-state index contributed by atoms with van der Waals surface area (Å²) in [6.07, 6.45) is 2.30. The molecule has 2 rings (SSSR count). The molecule has 2 aromatic rings. The highest BCUT2D eigenvalue weighted by Crippen LogP contribution is 2.10. The van der Waals surface area contributed by atoms with Crippen molar-refractivity contribution in [3.8, 4) is 0 Å². The van der Waals surface area contributed by atoms with Gasteiger partial charge in [0.25, 0.3) is 0 Å². The highest BCUT2D eigenvalue weighted by atomic mass is 35.5. The molecule has 17 heavy (non-hydrogen) atoms. The van der Waals surface area contributed by atoms with E-state index in [1.54, 1.807) is 5.46 Å². The third-order valence-corrected chi connectivity index (χ3v) is 3.74. The van der Waals surface area contributed by atoms with Crippen molar-refractivity contribution in [2.75, 3.05) is 0 Å². The predicted molar refractivity (Wildman–Crippen MR) is 79.2 cm³/mol. The van der Waals surface area contributed by atoms with Crippen molar-refractivity contribution in [2.45, 2.75) is 19.7 Å². The number of aryl methyl sites for hydroxylation is 1. The lowest BCUT2D eigenvalue weighted by Gasteiger charge is -2.14. The molecular formula is C15H17BCl-. The van der Waals surface area contributed by atoms with Crippen LogP contribution in [0.2, 0.25) is 5.02 Å². The van der Waals surface area contributed by atoms with E-state index in [9.17, 15) is 0 Å². The van der Waals surface area contributed by atoms with E-state index in [2.05, 4.69) is 49.4 Å². The quantitative estimate of drug-likeness (QED) is 0.725. The average Bonchev–Trinajstić information content (AvgIpc) is 2.38. The van der Waals surface area contributed by atoms with E-state index in [-0.39, 0.29) is 7.28 Å². The molecule has 0 N–H and O–H groups in total. The van der Waals surface area contributed by atoms with E-state index in [1.807, 2.05) is 6.07 Å². The molecule has 0 nitrogen and oxygen atoms in total. The van der Waals surface area contributed by atoms with Gasteiger partial charge in [0.05, 0.1) is 0 Å². The monoisotopic (exact) mass is 243 g/mol. The van der Waals surface area contributed by atoms with E-state index in [0.717, 1.165) is 11.4 Å². The standard InChI is InChI=1S/C15H17BCl/c1-2-13-10-14(17)8-9-15(13)16-11-12-6-4-3-5-7-12/h3-10H,2,11,16H2,1H3/q-1. The van der Waals surface area contributed by atoms with Crippen molar-refractivity contribution in [1.29, 1.82) is 0 Å². The van der Waals surface area contributed by atoms with E-state index in [4.69, 9.17) is 11.6 Å². The number of halogens is 1. The Kier molecular flexibility index (Phi) is 4.27. The summed E-state index contributed by atoms with van der Waals surface area (Å²) in [5, 5.41) is 0.858. The van der Waals surface area contributed by atoms with Crippen LogP contribution in [0.3, 0.4) is 0 Å². The van der Waals surface area contributed by atoms with Crippen molar-refractivity contribution in [2.24, 2.45) is 0 Å². The maximum atomic E-state index is 6.03. The molecule has 0 spiro atoms. The number of benzene rings is 2. The van der Waals surface area contributed by atoms with Gasteiger partial charge in [-0.2, -0.15) is 6.32 Å². The van der Waals surface area contributed by atoms with Gasteiger partial charge < -0.3 is 0 Å². The van der Waals surface area contributed by atoms with Crippen LogP contribution >= 0.6 is 11.6 Å². The Bertz CT molecular complexity index is 480. The maximum Gasteiger partial charge on any atom is 0.0406 e. The summed E-state index contributed by atoms with van der Waals surface area (Å²) in [6.45, 7) is 2.20. The van der Waals surface area contributed by atoms with Crippen LogP contribution in [0.25, 0.3) is 0 Å². The number of hydrogen-bond donors (Lipinski definition) is 0. The van der Waals surface area contributed by atoms with E-state index >= 15 is 0 Å². The topological polar surface area (TPSA) is 0 Å². The molecule has 0 heterocycles. The van der Waals surface area contributed by atoms with Crippen LogP contribution in [0, 0.1) is 0 Å². The molecule has 2 heteroatoms. The maximum absolute atomic E-state index is 6.03. The molecule has 0 amide bonds. The van der Waals surface area contributed by atoms with Crippen LogP contribution in [0.5, 0.6) is 0 Å². The van der Waals surface area contributed by atoms with Crippen LogP contribution < -0.4 is 5.46 Å². The summed E-state index contributed by atoms with van der Waals surface area (Å²) in [6, 6.07) is 17.1. The van der Waals surface area contributed by atoms with Crippen LogP contribution in [0.4, 0.5) is 0 Å². The summed E-state index contributed by atoms with van der Waals surface area (Å²) in [5.74, 6) is 0. The highest BCUT2D eigenvalue weighted by Gasteiger charge is 1.97. The van der Waals surface area contributed by atoms with Crippen molar-refractivity contribution in [3.05, 3.63) is 64.7 Å². The average molecular weight is 244 g/mol. The Labute approximate surface area is 109 Å². The molecule has 0 unspecified atom stereocenters. The van der Waals surface area contributed by atoms with Gasteiger partial charge in [0.1, 0.15) is 0 Å². The van der Waals surface area contributed by atoms with Crippen molar-refractivity contribution in [3.63, 3.8) is 0 Å². The van der Waals surface area contributed by atoms with Gasteiger partial charge >= 0.3 is 0 Å². The molecule has 0 saturated heterocycles. The molecule has 0 aliphatic heterocycles. The number of hydrogen-bond acceptors (Lipinski definition) is 0. The fourth-order valence-electron chi connectivity index (χ4n) is 2.47. The zero-order valence-electron chi connectivity index (χ0n) is 10.4. The van der Waals surface area contributed by atoms with E-state index < -0.39 is 0 Å². The van der Waals surface area contributed by atoms with Crippen LogP contribution in [-0.4, -0.2) is 7.28 Å². The van der Waals surface area contributed by atoms with Crippen molar-refractivity contribution >= 4 is 24.3 Å². The fraction of sp³-hybridized carbons (Fsp3) is 0.200.